The predicted octanol–water partition coefficient (Wildman–Crippen LogP) is 4.15. The quantitative estimate of drug-likeness (QED) is 0.472. The maximum Gasteiger partial charge on any atom is 0.388 e. The fourth-order valence-electron chi connectivity index (χ4n) is 2.79. The Hall–Kier alpha value is -3.32. The van der Waals surface area contributed by atoms with Crippen LogP contribution in [0.5, 0.6) is 5.88 Å². The number of aryl methyl sites for hydroxylation is 1. The number of hydrogen-bond acceptors (Lipinski definition) is 5. The minimum Gasteiger partial charge on any atom is -0.415 e. The maximum atomic E-state index is 12.5. The number of ether oxygens (including phenoxy) is 1. The average Bonchev–Trinajstić information content (AvgIpc) is 3.23. The monoisotopic (exact) mass is 444 g/mol. The van der Waals surface area contributed by atoms with Crippen LogP contribution < -0.4 is 4.74 Å². The highest BCUT2D eigenvalue weighted by Gasteiger charge is 2.17. The zero-order valence-electron chi connectivity index (χ0n) is 14.3. The molecule has 10 heteroatoms. The van der Waals surface area contributed by atoms with Crippen LogP contribution >= 0.6 is 15.9 Å². The Labute approximate surface area is 165 Å². The first-order valence-corrected chi connectivity index (χ1v) is 8.81. The number of nitrogens with zero attached hydrogens (tertiary/aromatic N) is 6. The molecule has 0 fully saturated rings. The lowest BCUT2D eigenvalue weighted by Gasteiger charge is -2.09. The van der Waals surface area contributed by atoms with Crippen molar-refractivity contribution < 1.29 is 13.5 Å². The third-order valence-electron chi connectivity index (χ3n) is 4.01. The second-order valence-corrected chi connectivity index (χ2v) is 6.73. The third-order valence-corrected chi connectivity index (χ3v) is 4.51. The molecule has 0 aliphatic carbocycles. The molecule has 0 spiro atoms. The van der Waals surface area contributed by atoms with Crippen LogP contribution in [0.2, 0.25) is 0 Å². The van der Waals surface area contributed by atoms with E-state index in [9.17, 15) is 14.0 Å². The minimum absolute atomic E-state index is 0.207. The van der Waals surface area contributed by atoms with E-state index in [1.807, 2.05) is 24.3 Å². The summed E-state index contributed by atoms with van der Waals surface area (Å²) >= 11 is 3.44. The summed E-state index contributed by atoms with van der Waals surface area (Å²) in [7, 11) is 0. The van der Waals surface area contributed by atoms with Crippen molar-refractivity contribution in [2.75, 3.05) is 0 Å². The number of alkyl halides is 2. The van der Waals surface area contributed by atoms with Crippen molar-refractivity contribution in [1.82, 2.24) is 24.3 Å². The van der Waals surface area contributed by atoms with Gasteiger partial charge in [0.25, 0.3) is 0 Å². The number of benzene rings is 1. The highest BCUT2D eigenvalue weighted by molar-refractivity contribution is 9.10. The zero-order chi connectivity index (χ0) is 19.8. The van der Waals surface area contributed by atoms with E-state index in [1.165, 1.54) is 10.7 Å². The highest BCUT2D eigenvalue weighted by Crippen LogP contribution is 2.24. The standard InChI is InChI=1S/C18H11BrF2N6O/c1-10-6-16(28-18(20)21)25-27(10)17-11(8-22)2-5-15(24-17)26-9-23-13-4-3-12(19)7-14(13)26/h2-7,9,18H,1H3. The van der Waals surface area contributed by atoms with Crippen LogP contribution in [0.25, 0.3) is 22.7 Å². The summed E-state index contributed by atoms with van der Waals surface area (Å²) in [5.74, 6) is 0.458. The van der Waals surface area contributed by atoms with Crippen LogP contribution in [0.3, 0.4) is 0 Å². The van der Waals surface area contributed by atoms with E-state index < -0.39 is 6.61 Å². The van der Waals surface area contributed by atoms with Gasteiger partial charge in [-0.1, -0.05) is 15.9 Å². The largest absolute Gasteiger partial charge is 0.415 e. The van der Waals surface area contributed by atoms with Crippen LogP contribution in [0, 0.1) is 18.3 Å². The van der Waals surface area contributed by atoms with Gasteiger partial charge < -0.3 is 4.74 Å². The number of imidazole rings is 1. The van der Waals surface area contributed by atoms with Crippen molar-refractivity contribution in [3.63, 3.8) is 0 Å². The van der Waals surface area contributed by atoms with E-state index in [1.54, 1.807) is 30.0 Å². The number of aromatic nitrogens is 5. The van der Waals surface area contributed by atoms with Gasteiger partial charge in [-0.05, 0) is 37.3 Å². The van der Waals surface area contributed by atoms with E-state index >= 15 is 0 Å². The lowest BCUT2D eigenvalue weighted by Crippen LogP contribution is -2.08. The molecule has 4 rings (SSSR count). The van der Waals surface area contributed by atoms with Gasteiger partial charge in [0, 0.05) is 16.2 Å². The van der Waals surface area contributed by atoms with Gasteiger partial charge in [0.2, 0.25) is 5.88 Å². The average molecular weight is 445 g/mol. The normalized spacial score (nSPS) is 11.1. The van der Waals surface area contributed by atoms with Crippen LogP contribution in [-0.4, -0.2) is 30.9 Å². The first kappa shape index (κ1) is 18.1. The van der Waals surface area contributed by atoms with E-state index in [-0.39, 0.29) is 17.3 Å². The van der Waals surface area contributed by atoms with Gasteiger partial charge in [0.1, 0.15) is 18.2 Å². The van der Waals surface area contributed by atoms with E-state index in [0.717, 1.165) is 15.5 Å². The van der Waals surface area contributed by atoms with Gasteiger partial charge in [0.05, 0.1) is 16.6 Å². The van der Waals surface area contributed by atoms with Crippen molar-refractivity contribution in [3.8, 4) is 23.6 Å². The first-order chi connectivity index (χ1) is 13.5. The Morgan fingerprint density at radius 3 is 2.79 bits per heavy atom. The fraction of sp³-hybridized carbons (Fsp3) is 0.111. The SMILES string of the molecule is Cc1cc(OC(F)F)nn1-c1nc(-n2cnc3ccc(Br)cc32)ccc1C#N. The van der Waals surface area contributed by atoms with Gasteiger partial charge in [-0.2, -0.15) is 14.0 Å². The Morgan fingerprint density at radius 1 is 1.21 bits per heavy atom. The van der Waals surface area contributed by atoms with Gasteiger partial charge in [0.15, 0.2) is 5.82 Å². The summed E-state index contributed by atoms with van der Waals surface area (Å²) < 4.78 is 33.3. The molecule has 0 amide bonds. The zero-order valence-corrected chi connectivity index (χ0v) is 15.9. The Balaban J connectivity index is 1.86. The molecule has 0 N–H and O–H groups in total. The molecule has 7 nitrogen and oxygen atoms in total. The molecular weight excluding hydrogens is 434 g/mol. The summed E-state index contributed by atoms with van der Waals surface area (Å²) in [4.78, 5) is 8.88. The van der Waals surface area contributed by atoms with Crippen molar-refractivity contribution in [1.29, 1.82) is 5.26 Å². The molecule has 0 atom stereocenters. The number of rotatable bonds is 4. The molecule has 140 valence electrons. The van der Waals surface area contributed by atoms with Gasteiger partial charge in [-0.15, -0.1) is 5.10 Å². The minimum atomic E-state index is -2.99. The molecule has 3 aromatic heterocycles. The summed E-state index contributed by atoms with van der Waals surface area (Å²) in [6.45, 7) is -1.34. The number of fused-ring (bicyclic) bond motifs is 1. The molecule has 1 aromatic carbocycles. The Bertz CT molecular complexity index is 1230. The summed E-state index contributed by atoms with van der Waals surface area (Å²) in [5.41, 5.74) is 2.33. The molecule has 0 radical (unpaired) electrons. The van der Waals surface area contributed by atoms with Gasteiger partial charge >= 0.3 is 6.61 Å². The van der Waals surface area contributed by atoms with Crippen molar-refractivity contribution >= 4 is 27.0 Å². The molecule has 0 unspecified atom stereocenters. The van der Waals surface area contributed by atoms with Gasteiger partial charge in [-0.3, -0.25) is 4.57 Å². The molecule has 4 aromatic rings. The topological polar surface area (TPSA) is 81.5 Å². The van der Waals surface area contributed by atoms with Crippen molar-refractivity contribution in [2.45, 2.75) is 13.5 Å². The van der Waals surface area contributed by atoms with Crippen LogP contribution in [0.15, 0.2) is 47.2 Å². The molecule has 0 saturated heterocycles. The van der Waals surface area contributed by atoms with E-state index in [4.69, 9.17) is 0 Å². The Morgan fingerprint density at radius 2 is 2.04 bits per heavy atom. The second-order valence-electron chi connectivity index (χ2n) is 5.81. The second kappa shape index (κ2) is 7.01. The predicted molar refractivity (Wildman–Crippen MR) is 99.8 cm³/mol. The van der Waals surface area contributed by atoms with Crippen molar-refractivity contribution in [2.24, 2.45) is 0 Å². The number of halogens is 3. The van der Waals surface area contributed by atoms with Crippen molar-refractivity contribution in [3.05, 3.63) is 58.5 Å². The van der Waals surface area contributed by atoms with E-state index in [0.29, 0.717) is 11.5 Å². The number of nitriles is 1. The lowest BCUT2D eigenvalue weighted by molar-refractivity contribution is -0.0530. The third kappa shape index (κ3) is 3.20. The summed E-state index contributed by atoms with van der Waals surface area (Å²) in [5, 5.41) is 13.4. The molecule has 0 aliphatic heterocycles. The summed E-state index contributed by atoms with van der Waals surface area (Å²) in [6.07, 6.45) is 1.62. The van der Waals surface area contributed by atoms with Crippen LogP contribution in [0.1, 0.15) is 11.3 Å². The molecule has 0 bridgehead atoms. The number of hydrogen-bond donors (Lipinski definition) is 0. The van der Waals surface area contributed by atoms with Gasteiger partial charge in [-0.25, -0.2) is 14.6 Å². The highest BCUT2D eigenvalue weighted by atomic mass is 79.9. The Kier molecular flexibility index (Phi) is 4.52. The lowest BCUT2D eigenvalue weighted by atomic mass is 10.2. The smallest absolute Gasteiger partial charge is 0.388 e. The molecule has 0 aliphatic rings. The van der Waals surface area contributed by atoms with E-state index in [2.05, 4.69) is 35.7 Å². The van der Waals surface area contributed by atoms with Crippen LogP contribution in [0.4, 0.5) is 8.78 Å². The fourth-order valence-corrected chi connectivity index (χ4v) is 3.14. The number of pyridine rings is 1. The molecular formula is C18H11BrF2N6O. The van der Waals surface area contributed by atoms with Crippen LogP contribution in [-0.2, 0) is 0 Å². The summed E-state index contributed by atoms with van der Waals surface area (Å²) in [6, 6.07) is 12.3. The first-order valence-electron chi connectivity index (χ1n) is 8.02. The maximum absolute atomic E-state index is 12.5. The molecule has 0 saturated carbocycles. The molecule has 28 heavy (non-hydrogen) atoms. The molecule has 3 heterocycles.